The van der Waals surface area contributed by atoms with Gasteiger partial charge in [0, 0.05) is 6.20 Å². The lowest BCUT2D eigenvalue weighted by Gasteiger charge is -1.80. The number of aromatic amines is 1. The van der Waals surface area contributed by atoms with E-state index >= 15 is 0 Å². The van der Waals surface area contributed by atoms with Gasteiger partial charge in [0.25, 0.3) is 0 Å². The monoisotopic (exact) mass is 236 g/mol. The number of benzene rings is 1. The summed E-state index contributed by atoms with van der Waals surface area (Å²) in [5.74, 6) is 0. The van der Waals surface area contributed by atoms with Gasteiger partial charge in [0.05, 0.1) is 16.4 Å². The Morgan fingerprint density at radius 3 is 2.73 bits per heavy atom. The summed E-state index contributed by atoms with van der Waals surface area (Å²) in [5, 5.41) is 9.26. The topological polar surface area (TPSA) is 54.5 Å². The summed E-state index contributed by atoms with van der Waals surface area (Å²) in [6.07, 6.45) is 3.24. The average Bonchev–Trinajstić information content (AvgIpc) is 2.87. The van der Waals surface area contributed by atoms with Crippen LogP contribution >= 0.6 is 24.0 Å². The maximum absolute atomic E-state index is 4.20. The molecule has 15 heavy (non-hydrogen) atoms. The molecule has 76 valence electrons. The lowest BCUT2D eigenvalue weighted by atomic mass is 10.3. The smallest absolute Gasteiger partial charge is 0.148 e. The molecule has 0 aliphatic rings. The Morgan fingerprint density at radius 1 is 1.27 bits per heavy atom. The molecule has 1 N–H and O–H groups in total. The summed E-state index contributed by atoms with van der Waals surface area (Å²) in [5.41, 5.74) is 1.04. The number of thiol groups is 1. The minimum atomic E-state index is 0.834. The van der Waals surface area contributed by atoms with Crippen LogP contribution in [0.4, 0.5) is 0 Å². The maximum atomic E-state index is 4.20. The first kappa shape index (κ1) is 10.1. The minimum absolute atomic E-state index is 0.834. The minimum Gasteiger partial charge on any atom is -0.266 e. The molecular formula is C9H8N4S2. The van der Waals surface area contributed by atoms with Crippen LogP contribution in [0.1, 0.15) is 0 Å². The van der Waals surface area contributed by atoms with Crippen molar-refractivity contribution in [2.24, 2.45) is 0 Å². The van der Waals surface area contributed by atoms with Gasteiger partial charge >= 0.3 is 0 Å². The van der Waals surface area contributed by atoms with Gasteiger partial charge in [-0.15, -0.1) is 29.1 Å². The van der Waals surface area contributed by atoms with Gasteiger partial charge in [-0.1, -0.05) is 17.3 Å². The standard InChI is InChI=1S/C7H5NS2.C2H3N3/c9-7-8-5-3-1-2-4-6(5)10-7;1-2-4-5-3-1/h1-4H,(H,8,9);1-2H,(H,3,4,5). The van der Waals surface area contributed by atoms with Crippen LogP contribution in [0.15, 0.2) is 41.0 Å². The summed E-state index contributed by atoms with van der Waals surface area (Å²) in [6.45, 7) is 0. The van der Waals surface area contributed by atoms with Crippen LogP contribution in [0.2, 0.25) is 0 Å². The van der Waals surface area contributed by atoms with Crippen LogP contribution in [0.25, 0.3) is 10.2 Å². The molecule has 3 aromatic rings. The number of rotatable bonds is 0. The maximum Gasteiger partial charge on any atom is 0.148 e. The third kappa shape index (κ3) is 2.77. The van der Waals surface area contributed by atoms with Crippen LogP contribution in [-0.2, 0) is 0 Å². The van der Waals surface area contributed by atoms with Gasteiger partial charge in [0.15, 0.2) is 0 Å². The van der Waals surface area contributed by atoms with Crippen molar-refractivity contribution in [3.63, 3.8) is 0 Å². The molecule has 6 heteroatoms. The molecule has 0 aliphatic carbocycles. The van der Waals surface area contributed by atoms with Crippen LogP contribution in [0.5, 0.6) is 0 Å². The first-order chi connectivity index (χ1) is 7.36. The number of fused-ring (bicyclic) bond motifs is 1. The number of aromatic nitrogens is 4. The van der Waals surface area contributed by atoms with E-state index in [0.29, 0.717) is 0 Å². The molecule has 0 aliphatic heterocycles. The fourth-order valence-electron chi connectivity index (χ4n) is 1.03. The average molecular weight is 236 g/mol. The highest BCUT2D eigenvalue weighted by Gasteiger charge is 1.96. The van der Waals surface area contributed by atoms with Crippen LogP contribution in [0.3, 0.4) is 0 Å². The third-order valence-corrected chi connectivity index (χ3v) is 2.83. The third-order valence-electron chi connectivity index (χ3n) is 1.61. The van der Waals surface area contributed by atoms with E-state index < -0.39 is 0 Å². The van der Waals surface area contributed by atoms with Gasteiger partial charge in [0.2, 0.25) is 0 Å². The molecule has 0 saturated carbocycles. The molecule has 0 spiro atoms. The van der Waals surface area contributed by atoms with Gasteiger partial charge in [-0.2, -0.15) is 0 Å². The zero-order valence-electron chi connectivity index (χ0n) is 7.66. The highest BCUT2D eigenvalue weighted by Crippen LogP contribution is 2.23. The van der Waals surface area contributed by atoms with Crippen molar-refractivity contribution in [3.8, 4) is 0 Å². The lowest BCUT2D eigenvalue weighted by molar-refractivity contribution is 0.940. The van der Waals surface area contributed by atoms with Crippen LogP contribution < -0.4 is 0 Å². The van der Waals surface area contributed by atoms with Gasteiger partial charge in [-0.05, 0) is 12.1 Å². The summed E-state index contributed by atoms with van der Waals surface area (Å²) >= 11 is 5.76. The highest BCUT2D eigenvalue weighted by atomic mass is 32.2. The Hall–Kier alpha value is -1.40. The van der Waals surface area contributed by atoms with Crippen molar-refractivity contribution in [1.82, 2.24) is 20.4 Å². The molecule has 0 fully saturated rings. The molecule has 3 rings (SSSR count). The van der Waals surface area contributed by atoms with Gasteiger partial charge in [-0.3, -0.25) is 5.10 Å². The SMILES string of the molecule is Sc1nc2ccccc2s1.c1c[nH]nn1. The van der Waals surface area contributed by atoms with Crippen molar-refractivity contribution in [1.29, 1.82) is 0 Å². The van der Waals surface area contributed by atoms with Crippen LogP contribution in [0, 0.1) is 0 Å². The number of H-pyrrole nitrogens is 1. The second-order valence-corrected chi connectivity index (χ2v) is 4.38. The van der Waals surface area contributed by atoms with E-state index in [2.05, 4.69) is 33.0 Å². The van der Waals surface area contributed by atoms with Crippen LogP contribution in [-0.4, -0.2) is 20.4 Å². The second kappa shape index (κ2) is 4.90. The van der Waals surface area contributed by atoms with E-state index in [0.717, 1.165) is 9.86 Å². The first-order valence-corrected chi connectivity index (χ1v) is 5.47. The molecule has 4 nitrogen and oxygen atoms in total. The molecule has 0 amide bonds. The summed E-state index contributed by atoms with van der Waals surface area (Å²) in [7, 11) is 0. The largest absolute Gasteiger partial charge is 0.266 e. The van der Waals surface area contributed by atoms with Crippen molar-refractivity contribution < 1.29 is 0 Å². The van der Waals surface area contributed by atoms with E-state index in [9.17, 15) is 0 Å². The highest BCUT2D eigenvalue weighted by molar-refractivity contribution is 7.82. The molecule has 1 aromatic carbocycles. The van der Waals surface area contributed by atoms with Crippen molar-refractivity contribution in [2.45, 2.75) is 4.34 Å². The quantitative estimate of drug-likeness (QED) is 0.589. The van der Waals surface area contributed by atoms with Crippen molar-refractivity contribution in [3.05, 3.63) is 36.7 Å². The molecular weight excluding hydrogens is 228 g/mol. The zero-order valence-corrected chi connectivity index (χ0v) is 9.37. The fourth-order valence-corrected chi connectivity index (χ4v) is 2.14. The number of hydrogen-bond donors (Lipinski definition) is 2. The van der Waals surface area contributed by atoms with E-state index in [-0.39, 0.29) is 0 Å². The Bertz CT molecular complexity index is 467. The van der Waals surface area contributed by atoms with Gasteiger partial charge in [0.1, 0.15) is 4.34 Å². The van der Waals surface area contributed by atoms with Gasteiger partial charge < -0.3 is 0 Å². The summed E-state index contributed by atoms with van der Waals surface area (Å²) < 4.78 is 2.04. The molecule has 0 radical (unpaired) electrons. The molecule has 0 saturated heterocycles. The number of nitrogens with zero attached hydrogens (tertiary/aromatic N) is 3. The Balaban J connectivity index is 0.000000144. The summed E-state index contributed by atoms with van der Waals surface area (Å²) in [6, 6.07) is 8.03. The van der Waals surface area contributed by atoms with E-state index in [4.69, 9.17) is 0 Å². The Labute approximate surface area is 95.8 Å². The molecule has 0 unspecified atom stereocenters. The number of nitrogens with one attached hydrogen (secondary N) is 1. The van der Waals surface area contributed by atoms with E-state index in [1.54, 1.807) is 23.7 Å². The molecule has 0 atom stereocenters. The molecule has 2 heterocycles. The predicted molar refractivity (Wildman–Crippen MR) is 63.3 cm³/mol. The Morgan fingerprint density at radius 2 is 2.13 bits per heavy atom. The van der Waals surface area contributed by atoms with Crippen molar-refractivity contribution in [2.75, 3.05) is 0 Å². The zero-order chi connectivity index (χ0) is 10.5. The second-order valence-electron chi connectivity index (χ2n) is 2.62. The number of hydrogen-bond acceptors (Lipinski definition) is 5. The fraction of sp³-hybridized carbons (Fsp3) is 0. The predicted octanol–water partition coefficient (Wildman–Crippen LogP) is 2.39. The first-order valence-electron chi connectivity index (χ1n) is 4.21. The normalized spacial score (nSPS) is 9.67. The number of para-hydroxylation sites is 1. The van der Waals surface area contributed by atoms with Gasteiger partial charge in [-0.25, -0.2) is 4.98 Å². The van der Waals surface area contributed by atoms with Crippen molar-refractivity contribution >= 4 is 34.2 Å². The number of thiazole rings is 1. The molecule has 2 aromatic heterocycles. The molecule has 0 bridgehead atoms. The Kier molecular flexibility index (Phi) is 3.31. The summed E-state index contributed by atoms with van der Waals surface area (Å²) in [4.78, 5) is 4.20. The van der Waals surface area contributed by atoms with E-state index in [1.165, 1.54) is 4.70 Å². The lowest BCUT2D eigenvalue weighted by Crippen LogP contribution is -1.63. The van der Waals surface area contributed by atoms with E-state index in [1.807, 2.05) is 24.3 Å².